The molecule has 0 saturated carbocycles. The zero-order chi connectivity index (χ0) is 17.9. The number of nitrogens with two attached hydrogens (primary N) is 1. The van der Waals surface area contributed by atoms with Crippen molar-refractivity contribution in [3.8, 4) is 0 Å². The van der Waals surface area contributed by atoms with E-state index in [1.807, 2.05) is 31.2 Å². The van der Waals surface area contributed by atoms with Crippen molar-refractivity contribution in [2.45, 2.75) is 20.3 Å². The van der Waals surface area contributed by atoms with E-state index < -0.39 is 5.97 Å². The van der Waals surface area contributed by atoms with Crippen LogP contribution in [0, 0.1) is 5.92 Å². The number of esters is 2. The molecule has 0 aliphatic carbocycles. The summed E-state index contributed by atoms with van der Waals surface area (Å²) < 4.78 is 9.95. The summed E-state index contributed by atoms with van der Waals surface area (Å²) in [7, 11) is 0. The predicted octanol–water partition coefficient (Wildman–Crippen LogP) is 2.84. The molecule has 0 amide bonds. The number of benzene rings is 1. The Labute approximate surface area is 147 Å². The van der Waals surface area contributed by atoms with Crippen LogP contribution < -0.4 is 5.73 Å². The molecule has 0 spiro atoms. The van der Waals surface area contributed by atoms with Crippen LogP contribution in [0.15, 0.2) is 36.4 Å². The highest BCUT2D eigenvalue weighted by atomic mass is 32.2. The molecule has 132 valence electrons. The Morgan fingerprint density at radius 3 is 2.46 bits per heavy atom. The average molecular weight is 351 g/mol. The van der Waals surface area contributed by atoms with Crippen LogP contribution in [0.5, 0.6) is 0 Å². The second-order valence-electron chi connectivity index (χ2n) is 5.55. The molecule has 5 nitrogen and oxygen atoms in total. The fourth-order valence-corrected chi connectivity index (χ4v) is 2.78. The number of hydrogen-bond donors (Lipinski definition) is 1. The van der Waals surface area contributed by atoms with Crippen molar-refractivity contribution < 1.29 is 19.1 Å². The minimum absolute atomic E-state index is 0.0500. The Hall–Kier alpha value is -1.95. The van der Waals surface area contributed by atoms with Gasteiger partial charge in [-0.3, -0.25) is 4.79 Å². The van der Waals surface area contributed by atoms with Crippen LogP contribution in [0.25, 0.3) is 0 Å². The van der Waals surface area contributed by atoms with Gasteiger partial charge in [-0.25, -0.2) is 4.79 Å². The van der Waals surface area contributed by atoms with E-state index in [1.165, 1.54) is 5.56 Å². The Morgan fingerprint density at radius 2 is 1.83 bits per heavy atom. The zero-order valence-electron chi connectivity index (χ0n) is 14.2. The summed E-state index contributed by atoms with van der Waals surface area (Å²) in [6.07, 6.45) is 0.934. The largest absolute Gasteiger partial charge is 0.462 e. The number of carbonyl (C=O) groups excluding carboxylic acids is 2. The Bertz CT molecular complexity index is 557. The summed E-state index contributed by atoms with van der Waals surface area (Å²) in [5, 5.41) is 0. The molecule has 0 bridgehead atoms. The lowest BCUT2D eigenvalue weighted by molar-refractivity contribution is -0.152. The first-order valence-electron chi connectivity index (χ1n) is 7.81. The summed E-state index contributed by atoms with van der Waals surface area (Å²) in [4.78, 5) is 23.0. The molecule has 2 N–H and O–H groups in total. The summed E-state index contributed by atoms with van der Waals surface area (Å²) >= 11 is 1.71. The summed E-state index contributed by atoms with van der Waals surface area (Å²) in [5.41, 5.74) is 7.96. The van der Waals surface area contributed by atoms with Crippen molar-refractivity contribution >= 4 is 29.4 Å². The summed E-state index contributed by atoms with van der Waals surface area (Å²) in [6.45, 7) is 6.99. The highest BCUT2D eigenvalue weighted by molar-refractivity contribution is 7.99. The maximum Gasteiger partial charge on any atom is 0.333 e. The first kappa shape index (κ1) is 20.1. The van der Waals surface area contributed by atoms with Crippen molar-refractivity contribution in [1.82, 2.24) is 0 Å². The third-order valence-electron chi connectivity index (χ3n) is 3.19. The van der Waals surface area contributed by atoms with Crippen LogP contribution in [0.2, 0.25) is 0 Å². The molecule has 0 saturated heterocycles. The minimum atomic E-state index is -0.475. The van der Waals surface area contributed by atoms with Gasteiger partial charge in [0.2, 0.25) is 0 Å². The van der Waals surface area contributed by atoms with Gasteiger partial charge in [-0.15, -0.1) is 0 Å². The molecule has 1 aromatic carbocycles. The molecule has 1 atom stereocenters. The number of aryl methyl sites for hydroxylation is 1. The number of ether oxygens (including phenoxy) is 2. The molecular weight excluding hydrogens is 326 g/mol. The first-order chi connectivity index (χ1) is 11.4. The molecule has 1 unspecified atom stereocenters. The van der Waals surface area contributed by atoms with Crippen molar-refractivity contribution in [2.24, 2.45) is 5.92 Å². The molecule has 0 fully saturated rings. The number of nitrogen functional groups attached to an aromatic ring is 1. The van der Waals surface area contributed by atoms with Crippen LogP contribution in [0.1, 0.15) is 19.4 Å². The van der Waals surface area contributed by atoms with Gasteiger partial charge in [0.1, 0.15) is 13.2 Å². The predicted molar refractivity (Wildman–Crippen MR) is 97.8 cm³/mol. The van der Waals surface area contributed by atoms with Crippen molar-refractivity contribution in [2.75, 3.05) is 30.5 Å². The van der Waals surface area contributed by atoms with E-state index in [0.717, 1.165) is 17.9 Å². The van der Waals surface area contributed by atoms with Gasteiger partial charge in [-0.2, -0.15) is 11.8 Å². The maximum absolute atomic E-state index is 11.8. The third kappa shape index (κ3) is 8.06. The monoisotopic (exact) mass is 351 g/mol. The molecule has 6 heteroatoms. The highest BCUT2D eigenvalue weighted by Gasteiger charge is 2.14. The number of carbonyl (C=O) groups is 2. The summed E-state index contributed by atoms with van der Waals surface area (Å²) in [5.74, 6) is 0.675. The van der Waals surface area contributed by atoms with E-state index in [2.05, 4.69) is 6.58 Å². The van der Waals surface area contributed by atoms with Crippen molar-refractivity contribution in [3.05, 3.63) is 42.0 Å². The molecule has 1 aromatic rings. The van der Waals surface area contributed by atoms with Crippen LogP contribution in [0.3, 0.4) is 0 Å². The molecule has 0 aromatic heterocycles. The van der Waals surface area contributed by atoms with Crippen LogP contribution in [-0.2, 0) is 25.5 Å². The van der Waals surface area contributed by atoms with Crippen LogP contribution in [0.4, 0.5) is 5.69 Å². The van der Waals surface area contributed by atoms with Gasteiger partial charge in [0.15, 0.2) is 0 Å². The van der Waals surface area contributed by atoms with Gasteiger partial charge in [-0.1, -0.05) is 25.6 Å². The lowest BCUT2D eigenvalue weighted by Crippen LogP contribution is -2.20. The highest BCUT2D eigenvalue weighted by Crippen LogP contribution is 2.13. The number of hydrogen-bond acceptors (Lipinski definition) is 6. The van der Waals surface area contributed by atoms with Gasteiger partial charge in [0.05, 0.1) is 5.92 Å². The molecule has 0 aliphatic heterocycles. The topological polar surface area (TPSA) is 78.6 Å². The van der Waals surface area contributed by atoms with E-state index >= 15 is 0 Å². The number of thioether (sulfide) groups is 1. The Morgan fingerprint density at radius 1 is 1.21 bits per heavy atom. The first-order valence-corrected chi connectivity index (χ1v) is 8.97. The fraction of sp³-hybridized carbons (Fsp3) is 0.444. The molecule has 0 heterocycles. The Balaban J connectivity index is 2.12. The van der Waals surface area contributed by atoms with E-state index in [4.69, 9.17) is 15.2 Å². The molecule has 1 rings (SSSR count). The maximum atomic E-state index is 11.8. The quantitative estimate of drug-likeness (QED) is 0.302. The normalized spacial score (nSPS) is 11.6. The van der Waals surface area contributed by atoms with Crippen LogP contribution in [-0.4, -0.2) is 36.7 Å². The standard InChI is InChI=1S/C18H25NO4S/c1-13(2)17(20)22-9-10-23-18(21)14(3)12-24-11-8-15-4-6-16(19)7-5-15/h4-7,14H,1,8-12,19H2,2-3H3. The van der Waals surface area contributed by atoms with E-state index in [9.17, 15) is 9.59 Å². The van der Waals surface area contributed by atoms with Gasteiger partial charge < -0.3 is 15.2 Å². The Kier molecular flexibility index (Phi) is 9.01. The molecular formula is C18H25NO4S. The van der Waals surface area contributed by atoms with Crippen LogP contribution >= 0.6 is 11.8 Å². The van der Waals surface area contributed by atoms with Crippen molar-refractivity contribution in [1.29, 1.82) is 0 Å². The smallest absolute Gasteiger partial charge is 0.333 e. The van der Waals surface area contributed by atoms with Gasteiger partial charge in [-0.05, 0) is 36.8 Å². The fourth-order valence-electron chi connectivity index (χ4n) is 1.74. The molecule has 0 aliphatic rings. The number of anilines is 1. The van der Waals surface area contributed by atoms with E-state index in [-0.39, 0.29) is 25.1 Å². The zero-order valence-corrected chi connectivity index (χ0v) is 15.1. The van der Waals surface area contributed by atoms with E-state index in [1.54, 1.807) is 18.7 Å². The number of rotatable bonds is 10. The molecule has 24 heavy (non-hydrogen) atoms. The van der Waals surface area contributed by atoms with Crippen molar-refractivity contribution in [3.63, 3.8) is 0 Å². The molecule has 0 radical (unpaired) electrons. The second kappa shape index (κ2) is 10.8. The van der Waals surface area contributed by atoms with E-state index in [0.29, 0.717) is 11.3 Å². The lowest BCUT2D eigenvalue weighted by atomic mass is 10.2. The average Bonchev–Trinajstić information content (AvgIpc) is 2.56. The minimum Gasteiger partial charge on any atom is -0.462 e. The SMILES string of the molecule is C=C(C)C(=O)OCCOC(=O)C(C)CSCCc1ccc(N)cc1. The van der Waals surface area contributed by atoms with Gasteiger partial charge in [0.25, 0.3) is 0 Å². The summed E-state index contributed by atoms with van der Waals surface area (Å²) in [6, 6.07) is 7.81. The third-order valence-corrected chi connectivity index (χ3v) is 4.42. The lowest BCUT2D eigenvalue weighted by Gasteiger charge is -2.11. The van der Waals surface area contributed by atoms with Gasteiger partial charge >= 0.3 is 11.9 Å². The van der Waals surface area contributed by atoms with Gasteiger partial charge in [0, 0.05) is 17.0 Å². The second-order valence-corrected chi connectivity index (χ2v) is 6.70.